The second-order valence-corrected chi connectivity index (χ2v) is 5.90. The van der Waals surface area contributed by atoms with Gasteiger partial charge in [0.2, 0.25) is 0 Å². The van der Waals surface area contributed by atoms with Crippen molar-refractivity contribution in [3.05, 3.63) is 76.8 Å². The number of nitrogens with zero attached hydrogens (tertiary/aromatic N) is 1. The molecule has 0 saturated heterocycles. The van der Waals surface area contributed by atoms with E-state index in [1.54, 1.807) is 12.1 Å². The number of carbonyl (C=O) groups is 1. The van der Waals surface area contributed by atoms with Crippen LogP contribution in [0.25, 0.3) is 0 Å². The maximum Gasteiger partial charge on any atom is 0.257 e. The van der Waals surface area contributed by atoms with Gasteiger partial charge in [-0.1, -0.05) is 30.3 Å². The minimum Gasteiger partial charge on any atom is -0.489 e. The molecular weight excluding hydrogens is 308 g/mol. The predicted molar refractivity (Wildman–Crippen MR) is 92.0 cm³/mol. The first-order chi connectivity index (χ1) is 11.2. The Kier molecular flexibility index (Phi) is 4.68. The number of amides is 1. The number of thiazole rings is 1. The topological polar surface area (TPSA) is 51.2 Å². The van der Waals surface area contributed by atoms with Gasteiger partial charge in [0.15, 0.2) is 5.13 Å². The molecule has 1 heterocycles. The highest BCUT2D eigenvalue weighted by atomic mass is 32.1. The lowest BCUT2D eigenvalue weighted by atomic mass is 10.1. The molecule has 0 radical (unpaired) electrons. The Hall–Kier alpha value is -2.66. The SMILES string of the molecule is Cc1csc(NC(=O)c2ccc(COc3ccccc3)cc2)n1. The molecule has 2 aromatic carbocycles. The smallest absolute Gasteiger partial charge is 0.257 e. The highest BCUT2D eigenvalue weighted by molar-refractivity contribution is 7.13. The van der Waals surface area contributed by atoms with Crippen molar-refractivity contribution in [1.29, 1.82) is 0 Å². The van der Waals surface area contributed by atoms with E-state index in [1.165, 1.54) is 11.3 Å². The summed E-state index contributed by atoms with van der Waals surface area (Å²) in [6.45, 7) is 2.37. The lowest BCUT2D eigenvalue weighted by Gasteiger charge is -2.07. The van der Waals surface area contributed by atoms with Crippen LogP contribution in [0.1, 0.15) is 21.6 Å². The van der Waals surface area contributed by atoms with Crippen LogP contribution in [0.4, 0.5) is 5.13 Å². The lowest BCUT2D eigenvalue weighted by Crippen LogP contribution is -2.11. The second kappa shape index (κ2) is 7.07. The van der Waals surface area contributed by atoms with Crippen LogP contribution in [0.15, 0.2) is 60.0 Å². The van der Waals surface area contributed by atoms with Gasteiger partial charge in [0.25, 0.3) is 5.91 Å². The van der Waals surface area contributed by atoms with Crippen molar-refractivity contribution in [3.63, 3.8) is 0 Å². The normalized spacial score (nSPS) is 10.3. The van der Waals surface area contributed by atoms with E-state index in [0.29, 0.717) is 17.3 Å². The van der Waals surface area contributed by atoms with E-state index < -0.39 is 0 Å². The largest absolute Gasteiger partial charge is 0.489 e. The average Bonchev–Trinajstić information content (AvgIpc) is 2.99. The molecule has 0 saturated carbocycles. The average molecular weight is 324 g/mol. The molecule has 23 heavy (non-hydrogen) atoms. The third-order valence-corrected chi connectivity index (χ3v) is 4.08. The van der Waals surface area contributed by atoms with Crippen molar-refractivity contribution in [2.75, 3.05) is 5.32 Å². The number of anilines is 1. The first-order valence-electron chi connectivity index (χ1n) is 7.21. The van der Waals surface area contributed by atoms with Crippen molar-refractivity contribution in [1.82, 2.24) is 4.98 Å². The third-order valence-electron chi connectivity index (χ3n) is 3.20. The molecule has 116 valence electrons. The summed E-state index contributed by atoms with van der Waals surface area (Å²) in [5.41, 5.74) is 2.51. The molecule has 3 aromatic rings. The summed E-state index contributed by atoms with van der Waals surface area (Å²) in [7, 11) is 0. The third kappa shape index (κ3) is 4.17. The number of hydrogen-bond donors (Lipinski definition) is 1. The summed E-state index contributed by atoms with van der Waals surface area (Å²) in [6.07, 6.45) is 0. The van der Waals surface area contributed by atoms with Crippen molar-refractivity contribution >= 4 is 22.4 Å². The predicted octanol–water partition coefficient (Wildman–Crippen LogP) is 4.28. The number of rotatable bonds is 5. The minimum atomic E-state index is -0.158. The van der Waals surface area contributed by atoms with Crippen molar-refractivity contribution in [2.24, 2.45) is 0 Å². The monoisotopic (exact) mass is 324 g/mol. The molecule has 1 aromatic heterocycles. The fraction of sp³-hybridized carbons (Fsp3) is 0.111. The highest BCUT2D eigenvalue weighted by Gasteiger charge is 2.08. The van der Waals surface area contributed by atoms with Gasteiger partial charge in [0, 0.05) is 10.9 Å². The Morgan fingerprint density at radius 1 is 1.13 bits per heavy atom. The van der Waals surface area contributed by atoms with Gasteiger partial charge in [0.1, 0.15) is 12.4 Å². The summed E-state index contributed by atoms with van der Waals surface area (Å²) >= 11 is 1.42. The molecule has 5 heteroatoms. The van der Waals surface area contributed by atoms with Gasteiger partial charge in [-0.05, 0) is 36.8 Å². The van der Waals surface area contributed by atoms with Crippen LogP contribution in [-0.4, -0.2) is 10.9 Å². The summed E-state index contributed by atoms with van der Waals surface area (Å²) in [4.78, 5) is 16.4. The van der Waals surface area contributed by atoms with Gasteiger partial charge < -0.3 is 4.74 Å². The van der Waals surface area contributed by atoms with Gasteiger partial charge in [-0.2, -0.15) is 0 Å². The van der Waals surface area contributed by atoms with E-state index in [1.807, 2.05) is 54.8 Å². The van der Waals surface area contributed by atoms with Gasteiger partial charge in [0.05, 0.1) is 5.69 Å². The van der Waals surface area contributed by atoms with E-state index in [0.717, 1.165) is 17.0 Å². The molecule has 0 aliphatic carbocycles. The first-order valence-corrected chi connectivity index (χ1v) is 8.09. The Balaban J connectivity index is 1.59. The van der Waals surface area contributed by atoms with Crippen LogP contribution in [0.2, 0.25) is 0 Å². The minimum absolute atomic E-state index is 0.158. The van der Waals surface area contributed by atoms with Crippen molar-refractivity contribution < 1.29 is 9.53 Å². The number of hydrogen-bond acceptors (Lipinski definition) is 4. The zero-order valence-corrected chi connectivity index (χ0v) is 13.5. The summed E-state index contributed by atoms with van der Waals surface area (Å²) in [5.74, 6) is 0.670. The molecule has 1 amide bonds. The van der Waals surface area contributed by atoms with Crippen molar-refractivity contribution in [3.8, 4) is 5.75 Å². The maximum absolute atomic E-state index is 12.1. The number of aryl methyl sites for hydroxylation is 1. The number of ether oxygens (including phenoxy) is 1. The molecule has 4 nitrogen and oxygen atoms in total. The van der Waals surface area contributed by atoms with Crippen LogP contribution in [0, 0.1) is 6.92 Å². The molecular formula is C18H16N2O2S. The Morgan fingerprint density at radius 2 is 1.87 bits per heavy atom. The van der Waals surface area contributed by atoms with Crippen LogP contribution in [0.5, 0.6) is 5.75 Å². The molecule has 0 aliphatic rings. The van der Waals surface area contributed by atoms with Crippen LogP contribution >= 0.6 is 11.3 Å². The fourth-order valence-electron chi connectivity index (χ4n) is 2.02. The molecule has 0 bridgehead atoms. The van der Waals surface area contributed by atoms with Gasteiger partial charge in [-0.3, -0.25) is 10.1 Å². The van der Waals surface area contributed by atoms with Gasteiger partial charge in [-0.25, -0.2) is 4.98 Å². The number of benzene rings is 2. The van der Waals surface area contributed by atoms with Gasteiger partial charge >= 0.3 is 0 Å². The maximum atomic E-state index is 12.1. The molecule has 1 N–H and O–H groups in total. The summed E-state index contributed by atoms with van der Waals surface area (Å²) in [5, 5.41) is 5.31. The Morgan fingerprint density at radius 3 is 2.52 bits per heavy atom. The summed E-state index contributed by atoms with van der Waals surface area (Å²) in [6, 6.07) is 17.0. The van der Waals surface area contributed by atoms with Gasteiger partial charge in [-0.15, -0.1) is 11.3 Å². The standard InChI is InChI=1S/C18H16N2O2S/c1-13-12-23-18(19-13)20-17(21)15-9-7-14(8-10-15)11-22-16-5-3-2-4-6-16/h2-10,12H,11H2,1H3,(H,19,20,21). The number of nitrogens with one attached hydrogen (secondary N) is 1. The van der Waals surface area contributed by atoms with Crippen molar-refractivity contribution in [2.45, 2.75) is 13.5 Å². The van der Waals surface area contributed by atoms with Crippen LogP contribution in [-0.2, 0) is 6.61 Å². The molecule has 0 spiro atoms. The van der Waals surface area contributed by atoms with E-state index in [2.05, 4.69) is 10.3 Å². The van der Waals surface area contributed by atoms with E-state index in [9.17, 15) is 4.79 Å². The van der Waals surface area contributed by atoms with E-state index >= 15 is 0 Å². The Labute approximate surface area is 138 Å². The van der Waals surface area contributed by atoms with E-state index in [-0.39, 0.29) is 5.91 Å². The zero-order chi connectivity index (χ0) is 16.1. The molecule has 0 unspecified atom stereocenters. The quantitative estimate of drug-likeness (QED) is 0.762. The zero-order valence-electron chi connectivity index (χ0n) is 12.7. The Bertz CT molecular complexity index is 782. The van der Waals surface area contributed by atoms with Crippen LogP contribution in [0.3, 0.4) is 0 Å². The van der Waals surface area contributed by atoms with E-state index in [4.69, 9.17) is 4.74 Å². The summed E-state index contributed by atoms with van der Waals surface area (Å²) < 4.78 is 5.68. The second-order valence-electron chi connectivity index (χ2n) is 5.05. The lowest BCUT2D eigenvalue weighted by molar-refractivity contribution is 0.102. The number of carbonyl (C=O) groups excluding carboxylic acids is 1. The molecule has 3 rings (SSSR count). The van der Waals surface area contributed by atoms with Crippen LogP contribution < -0.4 is 10.1 Å². The first kappa shape index (κ1) is 15.2. The highest BCUT2D eigenvalue weighted by Crippen LogP contribution is 2.16. The molecule has 0 aliphatic heterocycles. The fourth-order valence-corrected chi connectivity index (χ4v) is 2.70. The molecule has 0 atom stereocenters. The number of aromatic nitrogens is 1. The number of para-hydroxylation sites is 1. The molecule has 0 fully saturated rings.